The molecular weight excluding hydrogens is 268 g/mol. The van der Waals surface area contributed by atoms with E-state index in [1.807, 2.05) is 0 Å². The highest BCUT2D eigenvalue weighted by molar-refractivity contribution is 6.54. The highest BCUT2D eigenvalue weighted by Crippen LogP contribution is 2.37. The van der Waals surface area contributed by atoms with E-state index in [1.54, 1.807) is 0 Å². The first-order chi connectivity index (χ1) is 10.9. The molecular formula is C20H20N2. The van der Waals surface area contributed by atoms with Gasteiger partial charge in [0.15, 0.2) is 5.66 Å². The van der Waals surface area contributed by atoms with E-state index in [0.29, 0.717) is 0 Å². The fourth-order valence-electron chi connectivity index (χ4n) is 3.48. The van der Waals surface area contributed by atoms with Gasteiger partial charge in [-0.05, 0) is 25.7 Å². The third-order valence-corrected chi connectivity index (χ3v) is 4.61. The van der Waals surface area contributed by atoms with Gasteiger partial charge in [0.25, 0.3) is 0 Å². The number of nitrogens with zero attached hydrogens (tertiary/aromatic N) is 2. The number of hydrogen-bond acceptors (Lipinski definition) is 2. The molecule has 0 N–H and O–H groups in total. The summed E-state index contributed by atoms with van der Waals surface area (Å²) in [5.74, 6) is 0. The van der Waals surface area contributed by atoms with Crippen molar-refractivity contribution >= 4 is 11.4 Å². The van der Waals surface area contributed by atoms with Crippen molar-refractivity contribution in [3.63, 3.8) is 0 Å². The maximum Gasteiger partial charge on any atom is 0.151 e. The first kappa shape index (κ1) is 13.4. The lowest BCUT2D eigenvalue weighted by atomic mass is 9.90. The summed E-state index contributed by atoms with van der Waals surface area (Å²) in [5, 5.41) is 0. The zero-order chi connectivity index (χ0) is 14.8. The molecule has 1 heterocycles. The van der Waals surface area contributed by atoms with Crippen molar-refractivity contribution in [1.82, 2.24) is 0 Å². The molecule has 2 aliphatic rings. The van der Waals surface area contributed by atoms with Crippen molar-refractivity contribution in [2.24, 2.45) is 9.98 Å². The van der Waals surface area contributed by atoms with Crippen molar-refractivity contribution in [3.05, 3.63) is 71.8 Å². The molecule has 0 aromatic heterocycles. The second kappa shape index (κ2) is 5.53. The number of benzene rings is 2. The average Bonchev–Trinajstić information content (AvgIpc) is 2.96. The van der Waals surface area contributed by atoms with Crippen molar-refractivity contribution in [1.29, 1.82) is 0 Å². The van der Waals surface area contributed by atoms with E-state index in [4.69, 9.17) is 9.98 Å². The van der Waals surface area contributed by atoms with Gasteiger partial charge in [-0.25, -0.2) is 0 Å². The molecule has 0 saturated heterocycles. The van der Waals surface area contributed by atoms with Gasteiger partial charge in [0, 0.05) is 11.1 Å². The molecule has 0 unspecified atom stereocenters. The smallest absolute Gasteiger partial charge is 0.151 e. The minimum atomic E-state index is -0.200. The molecule has 0 bridgehead atoms. The Bertz CT molecular complexity index is 650. The summed E-state index contributed by atoms with van der Waals surface area (Å²) < 4.78 is 0. The molecule has 1 aliphatic carbocycles. The largest absolute Gasteiger partial charge is 0.253 e. The summed E-state index contributed by atoms with van der Waals surface area (Å²) in [4.78, 5) is 10.2. The monoisotopic (exact) mass is 288 g/mol. The molecule has 0 radical (unpaired) electrons. The van der Waals surface area contributed by atoms with Crippen LogP contribution in [-0.4, -0.2) is 17.1 Å². The fraction of sp³-hybridized carbons (Fsp3) is 0.300. The van der Waals surface area contributed by atoms with Gasteiger partial charge in [-0.15, -0.1) is 0 Å². The van der Waals surface area contributed by atoms with Crippen LogP contribution in [0.5, 0.6) is 0 Å². The van der Waals surface area contributed by atoms with E-state index in [0.717, 1.165) is 24.3 Å². The van der Waals surface area contributed by atoms with E-state index in [-0.39, 0.29) is 5.66 Å². The maximum absolute atomic E-state index is 5.12. The van der Waals surface area contributed by atoms with E-state index >= 15 is 0 Å². The van der Waals surface area contributed by atoms with Crippen LogP contribution in [0.2, 0.25) is 0 Å². The second-order valence-electron chi connectivity index (χ2n) is 6.20. The lowest BCUT2D eigenvalue weighted by molar-refractivity contribution is 0.316. The van der Waals surface area contributed by atoms with Crippen LogP contribution in [0.1, 0.15) is 43.2 Å². The summed E-state index contributed by atoms with van der Waals surface area (Å²) in [7, 11) is 0. The number of rotatable bonds is 2. The van der Waals surface area contributed by atoms with Gasteiger partial charge in [-0.3, -0.25) is 9.98 Å². The van der Waals surface area contributed by atoms with E-state index < -0.39 is 0 Å². The van der Waals surface area contributed by atoms with Crippen LogP contribution in [0.25, 0.3) is 0 Å². The quantitative estimate of drug-likeness (QED) is 0.769. The Balaban J connectivity index is 1.83. The Labute approximate surface area is 131 Å². The van der Waals surface area contributed by atoms with Crippen LogP contribution >= 0.6 is 0 Å². The van der Waals surface area contributed by atoms with Gasteiger partial charge in [0.05, 0.1) is 11.4 Å². The van der Waals surface area contributed by atoms with Crippen LogP contribution in [0, 0.1) is 0 Å². The van der Waals surface area contributed by atoms with Gasteiger partial charge >= 0.3 is 0 Å². The summed E-state index contributed by atoms with van der Waals surface area (Å²) >= 11 is 0. The standard InChI is InChI=1S/C20H20N2/c1-4-10-16(11-5-1)18-19(17-12-6-2-7-13-17)22-20(21-18)14-8-3-9-15-20/h1-2,4-7,10-13H,3,8-9,14-15H2. The Kier molecular flexibility index (Phi) is 3.38. The first-order valence-electron chi connectivity index (χ1n) is 8.17. The predicted molar refractivity (Wildman–Crippen MR) is 91.8 cm³/mol. The van der Waals surface area contributed by atoms with Crippen LogP contribution in [-0.2, 0) is 0 Å². The predicted octanol–water partition coefficient (Wildman–Crippen LogP) is 4.64. The maximum atomic E-state index is 5.12. The first-order valence-corrected chi connectivity index (χ1v) is 8.17. The summed E-state index contributed by atoms with van der Waals surface area (Å²) in [6.45, 7) is 0. The Morgan fingerprint density at radius 2 is 1.05 bits per heavy atom. The Hall–Kier alpha value is -2.22. The molecule has 0 atom stereocenters. The molecule has 0 amide bonds. The molecule has 1 aliphatic heterocycles. The van der Waals surface area contributed by atoms with Gasteiger partial charge in [0.1, 0.15) is 0 Å². The van der Waals surface area contributed by atoms with Crippen molar-refractivity contribution < 1.29 is 0 Å². The molecule has 1 saturated carbocycles. The molecule has 1 fully saturated rings. The Morgan fingerprint density at radius 1 is 0.591 bits per heavy atom. The van der Waals surface area contributed by atoms with E-state index in [9.17, 15) is 0 Å². The van der Waals surface area contributed by atoms with Gasteiger partial charge in [0.2, 0.25) is 0 Å². The minimum absolute atomic E-state index is 0.200. The lowest BCUT2D eigenvalue weighted by Gasteiger charge is -2.27. The van der Waals surface area contributed by atoms with Crippen molar-refractivity contribution in [3.8, 4) is 0 Å². The molecule has 1 spiro atoms. The van der Waals surface area contributed by atoms with E-state index in [2.05, 4.69) is 60.7 Å². The molecule has 4 rings (SSSR count). The Morgan fingerprint density at radius 3 is 1.50 bits per heavy atom. The summed E-state index contributed by atoms with van der Waals surface area (Å²) in [5.41, 5.74) is 4.27. The topological polar surface area (TPSA) is 24.7 Å². The molecule has 2 nitrogen and oxygen atoms in total. The minimum Gasteiger partial charge on any atom is -0.253 e. The van der Waals surface area contributed by atoms with E-state index in [1.165, 1.54) is 30.4 Å². The van der Waals surface area contributed by atoms with Crippen molar-refractivity contribution in [2.75, 3.05) is 0 Å². The third kappa shape index (κ3) is 2.39. The number of hydrogen-bond donors (Lipinski definition) is 0. The van der Waals surface area contributed by atoms with Crippen LogP contribution in [0.15, 0.2) is 70.6 Å². The van der Waals surface area contributed by atoms with Crippen LogP contribution in [0.3, 0.4) is 0 Å². The molecule has 22 heavy (non-hydrogen) atoms. The highest BCUT2D eigenvalue weighted by Gasteiger charge is 2.37. The van der Waals surface area contributed by atoms with Gasteiger partial charge in [-0.1, -0.05) is 67.1 Å². The molecule has 2 heteroatoms. The summed E-state index contributed by atoms with van der Waals surface area (Å²) in [6, 6.07) is 21.0. The lowest BCUT2D eigenvalue weighted by Crippen LogP contribution is -2.25. The molecule has 2 aromatic rings. The molecule has 2 aromatic carbocycles. The van der Waals surface area contributed by atoms with Crippen LogP contribution < -0.4 is 0 Å². The zero-order valence-corrected chi connectivity index (χ0v) is 12.7. The van der Waals surface area contributed by atoms with Crippen molar-refractivity contribution in [2.45, 2.75) is 37.8 Å². The van der Waals surface area contributed by atoms with Gasteiger partial charge in [-0.2, -0.15) is 0 Å². The second-order valence-corrected chi connectivity index (χ2v) is 6.20. The number of aliphatic imine (C=N–C) groups is 2. The highest BCUT2D eigenvalue weighted by atomic mass is 15.1. The fourth-order valence-corrected chi connectivity index (χ4v) is 3.48. The van der Waals surface area contributed by atoms with Crippen LogP contribution in [0.4, 0.5) is 0 Å². The SMILES string of the molecule is c1ccc(C2=NC3(CCCCC3)N=C2c2ccccc2)cc1. The molecule has 110 valence electrons. The third-order valence-electron chi connectivity index (χ3n) is 4.61. The normalized spacial score (nSPS) is 19.8. The average molecular weight is 288 g/mol. The zero-order valence-electron chi connectivity index (χ0n) is 12.7. The van der Waals surface area contributed by atoms with Gasteiger partial charge < -0.3 is 0 Å². The summed E-state index contributed by atoms with van der Waals surface area (Å²) in [6.07, 6.45) is 5.95.